The maximum atomic E-state index is 13.0. The van der Waals surface area contributed by atoms with Crippen LogP contribution in [0.5, 0.6) is 5.75 Å². The lowest BCUT2D eigenvalue weighted by Gasteiger charge is -2.24. The molecule has 0 spiro atoms. The molecule has 7 heteroatoms. The molecular weight excluding hydrogens is 414 g/mol. The molecule has 4 aromatic rings. The maximum absolute atomic E-state index is 13.0. The molecule has 0 bridgehead atoms. The van der Waals surface area contributed by atoms with Crippen molar-refractivity contribution >= 4 is 28.6 Å². The van der Waals surface area contributed by atoms with E-state index in [-0.39, 0.29) is 11.7 Å². The SMILES string of the molecule is COc1ccc(C2CC(=O)c3c(C)nc(Nc4nc(C)c5cc(C)ccc5n4)nc3C2)cc1. The first-order chi connectivity index (χ1) is 15.9. The number of hydrogen-bond donors (Lipinski definition) is 1. The molecule has 166 valence electrons. The summed E-state index contributed by atoms with van der Waals surface area (Å²) in [5.41, 5.74) is 6.08. The van der Waals surface area contributed by atoms with Crippen LogP contribution in [0.15, 0.2) is 42.5 Å². The molecule has 2 aromatic carbocycles. The van der Waals surface area contributed by atoms with Crippen molar-refractivity contribution in [1.29, 1.82) is 0 Å². The number of carbonyl (C=O) groups excluding carboxylic acids is 1. The number of nitrogens with zero attached hydrogens (tertiary/aromatic N) is 4. The van der Waals surface area contributed by atoms with E-state index in [1.165, 1.54) is 5.56 Å². The number of fused-ring (bicyclic) bond motifs is 2. The Hall–Kier alpha value is -3.87. The molecule has 5 rings (SSSR count). The third-order valence-corrected chi connectivity index (χ3v) is 6.17. The molecule has 0 saturated heterocycles. The number of Topliss-reactive ketones (excluding diaryl/α,β-unsaturated/α-hetero) is 1. The second kappa shape index (κ2) is 8.24. The van der Waals surface area contributed by atoms with Gasteiger partial charge in [-0.05, 0) is 62.9 Å². The van der Waals surface area contributed by atoms with E-state index in [1.54, 1.807) is 7.11 Å². The summed E-state index contributed by atoms with van der Waals surface area (Å²) in [4.78, 5) is 31.4. The van der Waals surface area contributed by atoms with Crippen molar-refractivity contribution < 1.29 is 9.53 Å². The summed E-state index contributed by atoms with van der Waals surface area (Å²) in [5, 5.41) is 4.18. The topological polar surface area (TPSA) is 89.9 Å². The van der Waals surface area contributed by atoms with Crippen molar-refractivity contribution in [2.75, 3.05) is 12.4 Å². The largest absolute Gasteiger partial charge is 0.497 e. The highest BCUT2D eigenvalue weighted by Crippen LogP contribution is 2.34. The van der Waals surface area contributed by atoms with E-state index in [4.69, 9.17) is 9.72 Å². The molecule has 0 radical (unpaired) electrons. The first-order valence-corrected chi connectivity index (χ1v) is 11.0. The predicted octanol–water partition coefficient (Wildman–Crippen LogP) is 5.01. The summed E-state index contributed by atoms with van der Waals surface area (Å²) >= 11 is 0. The summed E-state index contributed by atoms with van der Waals surface area (Å²) in [6.07, 6.45) is 1.12. The number of ketones is 1. The summed E-state index contributed by atoms with van der Waals surface area (Å²) < 4.78 is 5.26. The minimum absolute atomic E-state index is 0.0699. The Bertz CT molecular complexity index is 1380. The molecule has 1 aliphatic rings. The van der Waals surface area contributed by atoms with Crippen LogP contribution in [0.4, 0.5) is 11.9 Å². The van der Waals surface area contributed by atoms with E-state index >= 15 is 0 Å². The van der Waals surface area contributed by atoms with E-state index in [1.807, 2.05) is 50.2 Å². The highest BCUT2D eigenvalue weighted by atomic mass is 16.5. The van der Waals surface area contributed by atoms with Gasteiger partial charge in [0.15, 0.2) is 5.78 Å². The van der Waals surface area contributed by atoms with Crippen molar-refractivity contribution in [3.63, 3.8) is 0 Å². The van der Waals surface area contributed by atoms with Gasteiger partial charge in [-0.15, -0.1) is 0 Å². The van der Waals surface area contributed by atoms with Crippen molar-refractivity contribution in [1.82, 2.24) is 19.9 Å². The van der Waals surface area contributed by atoms with Gasteiger partial charge < -0.3 is 4.74 Å². The van der Waals surface area contributed by atoms with Gasteiger partial charge in [0.25, 0.3) is 0 Å². The highest BCUT2D eigenvalue weighted by molar-refractivity contribution is 5.99. The predicted molar refractivity (Wildman–Crippen MR) is 127 cm³/mol. The van der Waals surface area contributed by atoms with Crippen LogP contribution in [-0.4, -0.2) is 32.8 Å². The smallest absolute Gasteiger partial charge is 0.230 e. The van der Waals surface area contributed by atoms with E-state index in [2.05, 4.69) is 33.3 Å². The van der Waals surface area contributed by atoms with Crippen LogP contribution >= 0.6 is 0 Å². The summed E-state index contributed by atoms with van der Waals surface area (Å²) in [7, 11) is 1.64. The van der Waals surface area contributed by atoms with Crippen LogP contribution in [0.1, 0.15) is 50.9 Å². The number of aryl methyl sites for hydroxylation is 3. The van der Waals surface area contributed by atoms with Gasteiger partial charge in [0.2, 0.25) is 11.9 Å². The number of hydrogen-bond acceptors (Lipinski definition) is 7. The molecule has 0 aliphatic heterocycles. The Morgan fingerprint density at radius 3 is 2.36 bits per heavy atom. The number of ether oxygens (including phenoxy) is 1. The molecule has 1 unspecified atom stereocenters. The Kier molecular flexibility index (Phi) is 5.24. The lowest BCUT2D eigenvalue weighted by molar-refractivity contribution is 0.0962. The van der Waals surface area contributed by atoms with E-state index in [0.717, 1.165) is 33.6 Å². The van der Waals surface area contributed by atoms with Crippen molar-refractivity contribution in [2.24, 2.45) is 0 Å². The van der Waals surface area contributed by atoms with Crippen LogP contribution < -0.4 is 10.1 Å². The molecule has 7 nitrogen and oxygen atoms in total. The third kappa shape index (κ3) is 4.02. The van der Waals surface area contributed by atoms with Crippen LogP contribution in [0, 0.1) is 20.8 Å². The fourth-order valence-electron chi connectivity index (χ4n) is 4.49. The Labute approximate surface area is 192 Å². The summed E-state index contributed by atoms with van der Waals surface area (Å²) in [6.45, 7) is 5.87. The number of rotatable bonds is 4. The van der Waals surface area contributed by atoms with Gasteiger partial charge >= 0.3 is 0 Å². The van der Waals surface area contributed by atoms with Gasteiger partial charge in [-0.3, -0.25) is 10.1 Å². The van der Waals surface area contributed by atoms with Gasteiger partial charge in [-0.2, -0.15) is 0 Å². The molecule has 0 amide bonds. The first-order valence-electron chi connectivity index (χ1n) is 11.0. The normalized spacial score (nSPS) is 15.4. The van der Waals surface area contributed by atoms with Crippen LogP contribution in [0.3, 0.4) is 0 Å². The fourth-order valence-corrected chi connectivity index (χ4v) is 4.49. The van der Waals surface area contributed by atoms with Crippen LogP contribution in [0.2, 0.25) is 0 Å². The second-order valence-corrected chi connectivity index (χ2v) is 8.53. The van der Waals surface area contributed by atoms with Gasteiger partial charge in [0.1, 0.15) is 5.75 Å². The summed E-state index contributed by atoms with van der Waals surface area (Å²) in [6, 6.07) is 14.0. The van der Waals surface area contributed by atoms with E-state index in [9.17, 15) is 4.79 Å². The lowest BCUT2D eigenvalue weighted by atomic mass is 9.81. The first kappa shape index (κ1) is 21.0. The Morgan fingerprint density at radius 2 is 1.61 bits per heavy atom. The third-order valence-electron chi connectivity index (χ3n) is 6.17. The molecule has 0 fully saturated rings. The molecule has 2 aromatic heterocycles. The zero-order valence-electron chi connectivity index (χ0n) is 19.1. The fraction of sp³-hybridized carbons (Fsp3) is 0.269. The Balaban J connectivity index is 1.46. The van der Waals surface area contributed by atoms with Crippen LogP contribution in [-0.2, 0) is 6.42 Å². The average Bonchev–Trinajstić information content (AvgIpc) is 2.79. The quantitative estimate of drug-likeness (QED) is 0.478. The van der Waals surface area contributed by atoms with Crippen LogP contribution in [0.25, 0.3) is 10.9 Å². The number of aromatic nitrogens is 4. The molecule has 1 atom stereocenters. The average molecular weight is 440 g/mol. The lowest BCUT2D eigenvalue weighted by Crippen LogP contribution is -2.23. The van der Waals surface area contributed by atoms with E-state index < -0.39 is 0 Å². The van der Waals surface area contributed by atoms with Gasteiger partial charge in [-0.1, -0.05) is 23.8 Å². The number of benzene rings is 2. The molecule has 33 heavy (non-hydrogen) atoms. The second-order valence-electron chi connectivity index (χ2n) is 8.53. The van der Waals surface area contributed by atoms with Gasteiger partial charge in [0.05, 0.1) is 35.3 Å². The summed E-state index contributed by atoms with van der Waals surface area (Å²) in [5.74, 6) is 1.79. The molecular formula is C26H25N5O2. The molecule has 1 aliphatic carbocycles. The minimum atomic E-state index is 0.0699. The van der Waals surface area contributed by atoms with Crippen molar-refractivity contribution in [3.8, 4) is 5.75 Å². The van der Waals surface area contributed by atoms with Crippen molar-refractivity contribution in [2.45, 2.75) is 39.5 Å². The molecule has 0 saturated carbocycles. The molecule has 1 N–H and O–H groups in total. The highest BCUT2D eigenvalue weighted by Gasteiger charge is 2.30. The number of nitrogens with one attached hydrogen (secondary N) is 1. The minimum Gasteiger partial charge on any atom is -0.497 e. The molecule has 2 heterocycles. The zero-order chi connectivity index (χ0) is 23.1. The monoisotopic (exact) mass is 439 g/mol. The zero-order valence-corrected chi connectivity index (χ0v) is 19.1. The maximum Gasteiger partial charge on any atom is 0.230 e. The van der Waals surface area contributed by atoms with Crippen molar-refractivity contribution in [3.05, 3.63) is 76.2 Å². The van der Waals surface area contributed by atoms with E-state index in [0.29, 0.717) is 36.0 Å². The number of methoxy groups -OCH3 is 1. The van der Waals surface area contributed by atoms with Gasteiger partial charge in [-0.25, -0.2) is 19.9 Å². The van der Waals surface area contributed by atoms with Gasteiger partial charge in [0, 0.05) is 11.8 Å². The standard InChI is InChI=1S/C26H25N5O2/c1-14-5-10-21-20(11-14)15(2)27-25(29-21)31-26-28-16(3)24-22(30-26)12-18(13-23(24)32)17-6-8-19(33-4)9-7-17/h5-11,18H,12-13H2,1-4H3,(H,27,28,29,30,31). The number of carbonyl (C=O) groups is 1. The number of anilines is 2. The Morgan fingerprint density at radius 1 is 0.879 bits per heavy atom.